The van der Waals surface area contributed by atoms with Gasteiger partial charge in [-0.2, -0.15) is 0 Å². The van der Waals surface area contributed by atoms with Gasteiger partial charge in [0, 0.05) is 6.20 Å². The van der Waals surface area contributed by atoms with Crippen molar-refractivity contribution in [2.75, 3.05) is 0 Å². The standard InChI is InChI=1S/C13H8N2O3/c16-7-8-3-2-6-15(8)10-5-1-4-9-11(10)13(18)14-12(9)17/h1-7H,(H,14,17,18). The number of hydrogen-bond acceptors (Lipinski definition) is 3. The third kappa shape index (κ3) is 1.31. The van der Waals surface area contributed by atoms with Gasteiger partial charge in [-0.3, -0.25) is 19.7 Å². The first-order valence-corrected chi connectivity index (χ1v) is 5.34. The van der Waals surface area contributed by atoms with Crippen molar-refractivity contribution in [3.8, 4) is 5.69 Å². The van der Waals surface area contributed by atoms with Crippen molar-refractivity contribution in [2.24, 2.45) is 0 Å². The SMILES string of the molecule is O=Cc1cccn1-c1cccc2c1C(=O)NC2=O. The van der Waals surface area contributed by atoms with Gasteiger partial charge in [-0.1, -0.05) is 6.07 Å². The molecule has 0 unspecified atom stereocenters. The third-order valence-corrected chi connectivity index (χ3v) is 2.90. The molecule has 5 heteroatoms. The molecule has 1 N–H and O–H groups in total. The topological polar surface area (TPSA) is 68.2 Å². The lowest BCUT2D eigenvalue weighted by Gasteiger charge is -2.08. The van der Waals surface area contributed by atoms with E-state index in [0.29, 0.717) is 28.8 Å². The molecule has 5 nitrogen and oxygen atoms in total. The van der Waals surface area contributed by atoms with Gasteiger partial charge in [0.25, 0.3) is 11.8 Å². The highest BCUT2D eigenvalue weighted by atomic mass is 16.2. The van der Waals surface area contributed by atoms with E-state index in [4.69, 9.17) is 0 Å². The number of benzene rings is 1. The highest BCUT2D eigenvalue weighted by molar-refractivity contribution is 6.23. The quantitative estimate of drug-likeness (QED) is 0.633. The Morgan fingerprint density at radius 3 is 2.67 bits per heavy atom. The van der Waals surface area contributed by atoms with Crippen molar-refractivity contribution < 1.29 is 14.4 Å². The Morgan fingerprint density at radius 1 is 1.06 bits per heavy atom. The molecule has 0 radical (unpaired) electrons. The number of aromatic nitrogens is 1. The first kappa shape index (κ1) is 10.5. The minimum absolute atomic E-state index is 0.307. The summed E-state index contributed by atoms with van der Waals surface area (Å²) in [6.45, 7) is 0. The predicted octanol–water partition coefficient (Wildman–Crippen LogP) is 1.17. The molecule has 1 aromatic heterocycles. The number of imide groups is 1. The van der Waals surface area contributed by atoms with Crippen LogP contribution >= 0.6 is 0 Å². The van der Waals surface area contributed by atoms with Gasteiger partial charge in [-0.15, -0.1) is 0 Å². The molecule has 0 saturated heterocycles. The second-order valence-electron chi connectivity index (χ2n) is 3.90. The molecule has 0 fully saturated rings. The van der Waals surface area contributed by atoms with Gasteiger partial charge in [-0.05, 0) is 24.3 Å². The molecule has 0 saturated carbocycles. The average molecular weight is 240 g/mol. The van der Waals surface area contributed by atoms with Gasteiger partial charge in [0.2, 0.25) is 0 Å². The summed E-state index contributed by atoms with van der Waals surface area (Å²) in [6, 6.07) is 8.31. The van der Waals surface area contributed by atoms with Crippen LogP contribution in [-0.2, 0) is 0 Å². The second-order valence-corrected chi connectivity index (χ2v) is 3.90. The highest BCUT2D eigenvalue weighted by Crippen LogP contribution is 2.24. The second kappa shape index (κ2) is 3.66. The van der Waals surface area contributed by atoms with Crippen LogP contribution in [0.4, 0.5) is 0 Å². The average Bonchev–Trinajstić information content (AvgIpc) is 2.95. The number of rotatable bonds is 2. The van der Waals surface area contributed by atoms with Crippen molar-refractivity contribution in [1.29, 1.82) is 0 Å². The largest absolute Gasteiger partial charge is 0.313 e. The normalized spacial score (nSPS) is 13.3. The zero-order valence-corrected chi connectivity index (χ0v) is 9.21. The van der Waals surface area contributed by atoms with Crippen molar-refractivity contribution in [1.82, 2.24) is 9.88 Å². The molecule has 88 valence electrons. The number of aldehydes is 1. The van der Waals surface area contributed by atoms with Crippen molar-refractivity contribution in [3.05, 3.63) is 53.3 Å². The Labute approximate surface area is 102 Å². The molecular weight excluding hydrogens is 232 g/mol. The van der Waals surface area contributed by atoms with E-state index in [1.54, 1.807) is 41.1 Å². The van der Waals surface area contributed by atoms with Crippen LogP contribution in [0.3, 0.4) is 0 Å². The van der Waals surface area contributed by atoms with Crippen molar-refractivity contribution >= 4 is 18.1 Å². The van der Waals surface area contributed by atoms with Gasteiger partial charge in [0.1, 0.15) is 0 Å². The number of amides is 2. The van der Waals surface area contributed by atoms with Gasteiger partial charge in [-0.25, -0.2) is 0 Å². The molecule has 3 rings (SSSR count). The zero-order chi connectivity index (χ0) is 12.7. The first-order valence-electron chi connectivity index (χ1n) is 5.34. The molecular formula is C13H8N2O3. The smallest absolute Gasteiger partial charge is 0.261 e. The third-order valence-electron chi connectivity index (χ3n) is 2.90. The lowest BCUT2D eigenvalue weighted by molar-refractivity contribution is 0.0879. The summed E-state index contributed by atoms with van der Waals surface area (Å²) < 4.78 is 1.59. The summed E-state index contributed by atoms with van der Waals surface area (Å²) >= 11 is 0. The molecule has 2 heterocycles. The van der Waals surface area contributed by atoms with E-state index >= 15 is 0 Å². The number of hydrogen-bond donors (Lipinski definition) is 1. The van der Waals surface area contributed by atoms with E-state index in [-0.39, 0.29) is 0 Å². The maximum Gasteiger partial charge on any atom is 0.261 e. The summed E-state index contributed by atoms with van der Waals surface area (Å²) in [5.74, 6) is -0.840. The molecule has 1 aliphatic rings. The number of nitrogens with one attached hydrogen (secondary N) is 1. The Morgan fingerprint density at radius 2 is 1.89 bits per heavy atom. The minimum Gasteiger partial charge on any atom is -0.313 e. The Kier molecular flexibility index (Phi) is 2.13. The van der Waals surface area contributed by atoms with Crippen LogP contribution in [-0.4, -0.2) is 22.7 Å². The van der Waals surface area contributed by atoms with Gasteiger partial charge in [0.05, 0.1) is 22.5 Å². The van der Waals surface area contributed by atoms with Crippen LogP contribution in [0.15, 0.2) is 36.5 Å². The van der Waals surface area contributed by atoms with E-state index < -0.39 is 11.8 Å². The zero-order valence-electron chi connectivity index (χ0n) is 9.21. The number of fused-ring (bicyclic) bond motifs is 1. The number of carbonyl (C=O) groups excluding carboxylic acids is 3. The van der Waals surface area contributed by atoms with Crippen LogP contribution in [0.2, 0.25) is 0 Å². The summed E-state index contributed by atoms with van der Waals surface area (Å²) in [4.78, 5) is 34.2. The summed E-state index contributed by atoms with van der Waals surface area (Å²) in [5, 5.41) is 2.24. The highest BCUT2D eigenvalue weighted by Gasteiger charge is 2.29. The van der Waals surface area contributed by atoms with Crippen LogP contribution in [0.1, 0.15) is 31.2 Å². The first-order chi connectivity index (χ1) is 8.72. The fourth-order valence-corrected chi connectivity index (χ4v) is 2.11. The van der Waals surface area contributed by atoms with Gasteiger partial charge < -0.3 is 4.57 Å². The molecule has 18 heavy (non-hydrogen) atoms. The lowest BCUT2D eigenvalue weighted by Crippen LogP contribution is -2.20. The molecule has 0 atom stereocenters. The maximum absolute atomic E-state index is 11.8. The molecule has 2 aromatic rings. The summed E-state index contributed by atoms with van der Waals surface area (Å²) in [5.41, 5.74) is 1.60. The number of nitrogens with zero attached hydrogens (tertiary/aromatic N) is 1. The molecule has 0 spiro atoms. The Balaban J connectivity index is 2.30. The lowest BCUT2D eigenvalue weighted by atomic mass is 10.1. The fraction of sp³-hybridized carbons (Fsp3) is 0. The summed E-state index contributed by atoms with van der Waals surface area (Å²) in [7, 11) is 0. The van der Waals surface area contributed by atoms with Crippen LogP contribution in [0, 0.1) is 0 Å². The van der Waals surface area contributed by atoms with Crippen LogP contribution in [0.5, 0.6) is 0 Å². The maximum atomic E-state index is 11.8. The van der Waals surface area contributed by atoms with E-state index in [1.165, 1.54) is 0 Å². The summed E-state index contributed by atoms with van der Waals surface area (Å²) in [6.07, 6.45) is 2.38. The van der Waals surface area contributed by atoms with E-state index in [9.17, 15) is 14.4 Å². The molecule has 0 aliphatic carbocycles. The minimum atomic E-state index is -0.434. The van der Waals surface area contributed by atoms with Crippen molar-refractivity contribution in [2.45, 2.75) is 0 Å². The Hall–Kier alpha value is -2.69. The molecule has 1 aliphatic heterocycles. The van der Waals surface area contributed by atoms with Gasteiger partial charge >= 0.3 is 0 Å². The molecule has 0 bridgehead atoms. The predicted molar refractivity (Wildman–Crippen MR) is 63.0 cm³/mol. The fourth-order valence-electron chi connectivity index (χ4n) is 2.11. The van der Waals surface area contributed by atoms with E-state index in [1.807, 2.05) is 0 Å². The van der Waals surface area contributed by atoms with E-state index in [0.717, 1.165) is 0 Å². The monoisotopic (exact) mass is 240 g/mol. The van der Waals surface area contributed by atoms with Gasteiger partial charge in [0.15, 0.2) is 6.29 Å². The van der Waals surface area contributed by atoms with E-state index in [2.05, 4.69) is 5.32 Å². The number of carbonyl (C=O) groups is 3. The van der Waals surface area contributed by atoms with Crippen molar-refractivity contribution in [3.63, 3.8) is 0 Å². The van der Waals surface area contributed by atoms with Crippen LogP contribution in [0.25, 0.3) is 5.69 Å². The molecule has 1 aromatic carbocycles. The molecule has 2 amide bonds. The Bertz CT molecular complexity index is 685. The van der Waals surface area contributed by atoms with Crippen LogP contribution < -0.4 is 5.32 Å².